The molecule has 0 aliphatic heterocycles. The quantitative estimate of drug-likeness (QED) is 0.520. The number of aliphatic hydroxyl groups is 3. The van der Waals surface area contributed by atoms with Crippen LogP contribution in [0.4, 0.5) is 0 Å². The summed E-state index contributed by atoms with van der Waals surface area (Å²) in [5.74, 6) is 1.57. The van der Waals surface area contributed by atoms with Crippen LogP contribution >= 0.6 is 0 Å². The number of hydrogen-bond donors (Lipinski definition) is 3. The van der Waals surface area contributed by atoms with Crippen molar-refractivity contribution in [2.45, 2.75) is 110 Å². The second kappa shape index (κ2) is 9.30. The number of aliphatic hydroxyl groups excluding tert-OH is 2. The molecule has 3 rings (SSSR count). The minimum Gasteiger partial charge on any atom is -0.393 e. The predicted molar refractivity (Wildman–Crippen MR) is 124 cm³/mol. The molecule has 0 radical (unpaired) electrons. The molecule has 3 saturated carbocycles. The standard InChI is InChI=1S/C27H44O3/c1-18(2)8-6-15-27(5,30)25-13-12-23-20(9-7-14-26(23,25)4)10-11-21-16-22(28)17-24(29)19(21)3/h10-11,18,22-25,28-30H,3,6-9,12-17H2,1-2,4-5H3/t22-,23+,24+,25+,26+,27+/m1/s1. The molecule has 0 heterocycles. The van der Waals surface area contributed by atoms with Crippen LogP contribution < -0.4 is 0 Å². The van der Waals surface area contributed by atoms with E-state index in [0.717, 1.165) is 43.3 Å². The van der Waals surface area contributed by atoms with Crippen LogP contribution in [0.15, 0.2) is 35.5 Å². The molecule has 3 fully saturated rings. The number of hydrogen-bond acceptors (Lipinski definition) is 3. The Hall–Kier alpha value is -0.900. The highest BCUT2D eigenvalue weighted by Crippen LogP contribution is 2.60. The summed E-state index contributed by atoms with van der Waals surface area (Å²) in [5, 5.41) is 31.6. The summed E-state index contributed by atoms with van der Waals surface area (Å²) in [4.78, 5) is 0. The Morgan fingerprint density at radius 1 is 1.23 bits per heavy atom. The van der Waals surface area contributed by atoms with Crippen molar-refractivity contribution in [3.8, 4) is 0 Å². The van der Waals surface area contributed by atoms with Crippen LogP contribution in [-0.2, 0) is 0 Å². The van der Waals surface area contributed by atoms with Crippen LogP contribution in [0.1, 0.15) is 91.9 Å². The van der Waals surface area contributed by atoms with E-state index in [9.17, 15) is 15.3 Å². The summed E-state index contributed by atoms with van der Waals surface area (Å²) < 4.78 is 0. The van der Waals surface area contributed by atoms with Crippen molar-refractivity contribution in [3.05, 3.63) is 35.5 Å². The fourth-order valence-corrected chi connectivity index (χ4v) is 6.77. The fourth-order valence-electron chi connectivity index (χ4n) is 6.77. The van der Waals surface area contributed by atoms with Crippen molar-refractivity contribution in [1.82, 2.24) is 0 Å². The molecule has 0 unspecified atom stereocenters. The topological polar surface area (TPSA) is 60.7 Å². The molecule has 0 aromatic rings. The lowest BCUT2D eigenvalue weighted by Gasteiger charge is -2.47. The highest BCUT2D eigenvalue weighted by molar-refractivity contribution is 5.38. The molecule has 0 saturated heterocycles. The first kappa shape index (κ1) is 23.8. The third-order valence-corrected chi connectivity index (χ3v) is 8.44. The van der Waals surface area contributed by atoms with Gasteiger partial charge in [-0.2, -0.15) is 0 Å². The van der Waals surface area contributed by atoms with Gasteiger partial charge in [0.1, 0.15) is 0 Å². The SMILES string of the molecule is C=C1C(=CC=C2CCC[C@@]3(C)[C@H]2CC[C@@H]3[C@@](C)(O)CCCC(C)C)C[C@@H](O)C[C@@H]1O. The van der Waals surface area contributed by atoms with Crippen LogP contribution in [0.3, 0.4) is 0 Å². The van der Waals surface area contributed by atoms with Crippen molar-refractivity contribution in [2.24, 2.45) is 23.2 Å². The van der Waals surface area contributed by atoms with Gasteiger partial charge in [-0.1, -0.05) is 57.9 Å². The Morgan fingerprint density at radius 3 is 2.67 bits per heavy atom. The molecule has 3 N–H and O–H groups in total. The van der Waals surface area contributed by atoms with Gasteiger partial charge in [0.05, 0.1) is 17.8 Å². The van der Waals surface area contributed by atoms with Crippen LogP contribution in [0.2, 0.25) is 0 Å². The smallest absolute Gasteiger partial charge is 0.0811 e. The Balaban J connectivity index is 1.76. The number of fused-ring (bicyclic) bond motifs is 1. The average Bonchev–Trinajstić information content (AvgIpc) is 3.01. The van der Waals surface area contributed by atoms with E-state index >= 15 is 0 Å². The van der Waals surface area contributed by atoms with E-state index in [-0.39, 0.29) is 5.41 Å². The van der Waals surface area contributed by atoms with Gasteiger partial charge in [0.25, 0.3) is 0 Å². The maximum atomic E-state index is 11.4. The molecule has 0 spiro atoms. The van der Waals surface area contributed by atoms with Gasteiger partial charge in [0, 0.05) is 6.42 Å². The molecular weight excluding hydrogens is 372 g/mol. The zero-order chi connectivity index (χ0) is 22.1. The third kappa shape index (κ3) is 4.95. The lowest BCUT2D eigenvalue weighted by molar-refractivity contribution is -0.0657. The lowest BCUT2D eigenvalue weighted by Crippen LogP contribution is -2.45. The molecule has 3 aliphatic rings. The zero-order valence-electron chi connectivity index (χ0n) is 19.7. The second-order valence-electron chi connectivity index (χ2n) is 11.3. The van der Waals surface area contributed by atoms with Crippen LogP contribution in [0.25, 0.3) is 0 Å². The van der Waals surface area contributed by atoms with Crippen LogP contribution in [0.5, 0.6) is 0 Å². The number of rotatable bonds is 6. The monoisotopic (exact) mass is 416 g/mol. The molecule has 3 aliphatic carbocycles. The summed E-state index contributed by atoms with van der Waals surface area (Å²) in [6, 6.07) is 0. The van der Waals surface area contributed by atoms with Gasteiger partial charge in [-0.25, -0.2) is 0 Å². The Morgan fingerprint density at radius 2 is 1.97 bits per heavy atom. The zero-order valence-corrected chi connectivity index (χ0v) is 19.7. The highest BCUT2D eigenvalue weighted by atomic mass is 16.3. The van der Waals surface area contributed by atoms with Crippen molar-refractivity contribution >= 4 is 0 Å². The van der Waals surface area contributed by atoms with Crippen molar-refractivity contribution in [2.75, 3.05) is 0 Å². The molecule has 0 aromatic carbocycles. The number of allylic oxidation sites excluding steroid dienone is 3. The molecular formula is C27H44O3. The first-order valence-electron chi connectivity index (χ1n) is 12.2. The summed E-state index contributed by atoms with van der Waals surface area (Å²) in [6.45, 7) is 13.1. The van der Waals surface area contributed by atoms with Gasteiger partial charge in [-0.15, -0.1) is 0 Å². The molecule has 0 aromatic heterocycles. The molecule has 0 amide bonds. The van der Waals surface area contributed by atoms with E-state index in [1.165, 1.54) is 24.8 Å². The summed E-state index contributed by atoms with van der Waals surface area (Å²) in [6.07, 6.45) is 13.1. The Kier molecular flexibility index (Phi) is 7.37. The van der Waals surface area contributed by atoms with Gasteiger partial charge >= 0.3 is 0 Å². The van der Waals surface area contributed by atoms with Crippen molar-refractivity contribution < 1.29 is 15.3 Å². The maximum absolute atomic E-state index is 11.4. The highest BCUT2D eigenvalue weighted by Gasteiger charge is 2.54. The minimum atomic E-state index is -0.633. The maximum Gasteiger partial charge on any atom is 0.0811 e. The van der Waals surface area contributed by atoms with E-state index in [1.807, 2.05) is 0 Å². The Bertz CT molecular complexity index is 686. The van der Waals surface area contributed by atoms with Crippen LogP contribution in [-0.4, -0.2) is 33.1 Å². The molecule has 3 nitrogen and oxygen atoms in total. The van der Waals surface area contributed by atoms with E-state index < -0.39 is 17.8 Å². The van der Waals surface area contributed by atoms with Gasteiger partial charge in [0.2, 0.25) is 0 Å². The van der Waals surface area contributed by atoms with E-state index in [0.29, 0.717) is 30.6 Å². The van der Waals surface area contributed by atoms with Gasteiger partial charge < -0.3 is 15.3 Å². The first-order valence-corrected chi connectivity index (χ1v) is 12.2. The fraction of sp³-hybridized carbons (Fsp3) is 0.778. The molecule has 6 atom stereocenters. The molecule has 170 valence electrons. The van der Waals surface area contributed by atoms with E-state index in [2.05, 4.69) is 46.4 Å². The Labute approximate surface area is 184 Å². The van der Waals surface area contributed by atoms with Gasteiger partial charge in [0.15, 0.2) is 0 Å². The van der Waals surface area contributed by atoms with Crippen molar-refractivity contribution in [3.63, 3.8) is 0 Å². The summed E-state index contributed by atoms with van der Waals surface area (Å²) in [5.41, 5.74) is 2.79. The summed E-state index contributed by atoms with van der Waals surface area (Å²) in [7, 11) is 0. The molecule has 3 heteroatoms. The third-order valence-electron chi connectivity index (χ3n) is 8.44. The summed E-state index contributed by atoms with van der Waals surface area (Å²) >= 11 is 0. The normalized spacial score (nSPS) is 39.5. The largest absolute Gasteiger partial charge is 0.393 e. The van der Waals surface area contributed by atoms with E-state index in [1.54, 1.807) is 0 Å². The second-order valence-corrected chi connectivity index (χ2v) is 11.3. The first-order chi connectivity index (χ1) is 14.0. The van der Waals surface area contributed by atoms with Gasteiger partial charge in [-0.3, -0.25) is 0 Å². The van der Waals surface area contributed by atoms with Gasteiger partial charge in [-0.05, 0) is 86.2 Å². The predicted octanol–water partition coefficient (Wildman–Crippen LogP) is 5.70. The molecule has 30 heavy (non-hydrogen) atoms. The average molecular weight is 417 g/mol. The lowest BCUT2D eigenvalue weighted by atomic mass is 9.59. The van der Waals surface area contributed by atoms with Crippen LogP contribution in [0, 0.1) is 23.2 Å². The molecule has 0 bridgehead atoms. The minimum absolute atomic E-state index is 0.159. The van der Waals surface area contributed by atoms with Crippen molar-refractivity contribution in [1.29, 1.82) is 0 Å². The van der Waals surface area contributed by atoms with E-state index in [4.69, 9.17) is 0 Å².